The van der Waals surface area contributed by atoms with Gasteiger partial charge in [-0.1, -0.05) is 127 Å². The van der Waals surface area contributed by atoms with E-state index in [1.165, 1.54) is 10.8 Å². The Morgan fingerprint density at radius 2 is 1.00 bits per heavy atom. The Balaban J connectivity index is 1.44. The van der Waals surface area contributed by atoms with Gasteiger partial charge >= 0.3 is 0 Å². The molecule has 202 valence electrons. The normalized spacial score (nSPS) is 12.3. The lowest BCUT2D eigenvalue weighted by Crippen LogP contribution is -2.26. The summed E-state index contributed by atoms with van der Waals surface area (Å²) in [5, 5.41) is 10.1. The van der Waals surface area contributed by atoms with Crippen LogP contribution in [0.25, 0.3) is 59.9 Å². The van der Waals surface area contributed by atoms with Gasteiger partial charge in [-0.25, -0.2) is 4.98 Å². The predicted molar refractivity (Wildman–Crippen MR) is 182 cm³/mol. The van der Waals surface area contributed by atoms with Crippen molar-refractivity contribution in [2.24, 2.45) is 0 Å². The molecule has 2 heterocycles. The molecule has 9 aromatic rings. The summed E-state index contributed by atoms with van der Waals surface area (Å²) in [5.41, 5.74) is 3.83. The maximum absolute atomic E-state index is 16.2. The van der Waals surface area contributed by atoms with E-state index >= 15 is 4.57 Å². The first-order valence-corrected chi connectivity index (χ1v) is 16.2. The van der Waals surface area contributed by atoms with Crippen LogP contribution in [0.1, 0.15) is 0 Å². The highest BCUT2D eigenvalue weighted by molar-refractivity contribution is 7.86. The van der Waals surface area contributed by atoms with Crippen LogP contribution in [0.15, 0.2) is 152 Å². The van der Waals surface area contributed by atoms with Crippen molar-refractivity contribution in [3.05, 3.63) is 152 Å². The molecule has 0 spiro atoms. The van der Waals surface area contributed by atoms with E-state index < -0.39 is 7.14 Å². The quantitative estimate of drug-likeness (QED) is 0.158. The third-order valence-electron chi connectivity index (χ3n) is 8.82. The highest BCUT2D eigenvalue weighted by atomic mass is 31.2. The molecule has 0 aliphatic carbocycles. The van der Waals surface area contributed by atoms with Gasteiger partial charge in [-0.2, -0.15) is 0 Å². The molecule has 3 nitrogen and oxygen atoms in total. The zero-order chi connectivity index (χ0) is 28.5. The van der Waals surface area contributed by atoms with Crippen LogP contribution in [0.3, 0.4) is 0 Å². The Morgan fingerprint density at radius 3 is 1.67 bits per heavy atom. The number of aromatic nitrogens is 2. The van der Waals surface area contributed by atoms with E-state index in [-0.39, 0.29) is 0 Å². The third kappa shape index (κ3) is 3.43. The van der Waals surface area contributed by atoms with Crippen molar-refractivity contribution in [3.8, 4) is 0 Å². The molecule has 0 aliphatic heterocycles. The number of benzene rings is 7. The van der Waals surface area contributed by atoms with E-state index in [9.17, 15) is 0 Å². The fourth-order valence-corrected chi connectivity index (χ4v) is 9.95. The molecule has 0 bridgehead atoms. The molecule has 2 aromatic heterocycles. The van der Waals surface area contributed by atoms with Gasteiger partial charge < -0.3 is 4.57 Å². The lowest BCUT2D eigenvalue weighted by Gasteiger charge is -2.23. The summed E-state index contributed by atoms with van der Waals surface area (Å²) in [6.45, 7) is 0. The lowest BCUT2D eigenvalue weighted by atomic mass is 10.1. The van der Waals surface area contributed by atoms with E-state index in [1.54, 1.807) is 0 Å². The maximum atomic E-state index is 16.2. The smallest absolute Gasteiger partial charge is 0.172 e. The SMILES string of the molecule is O=P(c1ccc2nc3c4ccccc4c4ccccc4n3c2c1)(c1cccc2ccccc12)c1cccc2ccccc12. The van der Waals surface area contributed by atoms with Crippen LogP contribution in [-0.4, -0.2) is 9.38 Å². The summed E-state index contributed by atoms with van der Waals surface area (Å²) in [6, 6.07) is 52.0. The molecular weight excluding hydrogens is 543 g/mol. The van der Waals surface area contributed by atoms with Crippen molar-refractivity contribution in [3.63, 3.8) is 0 Å². The van der Waals surface area contributed by atoms with Gasteiger partial charge in [0.15, 0.2) is 7.14 Å². The average molecular weight is 569 g/mol. The first kappa shape index (κ1) is 24.4. The van der Waals surface area contributed by atoms with E-state index in [0.717, 1.165) is 65.0 Å². The Labute approximate surface area is 248 Å². The minimum Gasteiger partial charge on any atom is -0.309 e. The molecule has 0 aliphatic rings. The van der Waals surface area contributed by atoms with Gasteiger partial charge in [-0.15, -0.1) is 0 Å². The largest absolute Gasteiger partial charge is 0.309 e. The molecule has 4 heteroatoms. The topological polar surface area (TPSA) is 34.4 Å². The molecule has 9 rings (SSSR count). The second kappa shape index (κ2) is 9.13. The average Bonchev–Trinajstić information content (AvgIpc) is 3.47. The van der Waals surface area contributed by atoms with Gasteiger partial charge in [0.05, 0.1) is 16.6 Å². The van der Waals surface area contributed by atoms with E-state index in [0.29, 0.717) is 0 Å². The van der Waals surface area contributed by atoms with Crippen LogP contribution in [0.5, 0.6) is 0 Å². The maximum Gasteiger partial charge on any atom is 0.172 e. The Morgan fingerprint density at radius 1 is 0.465 bits per heavy atom. The fraction of sp³-hybridized carbons (Fsp3) is 0. The van der Waals surface area contributed by atoms with E-state index in [2.05, 4.69) is 95.4 Å². The number of imidazole rings is 1. The summed E-state index contributed by atoms with van der Waals surface area (Å²) in [4.78, 5) is 5.14. The molecular formula is C39H25N2OP. The van der Waals surface area contributed by atoms with Crippen LogP contribution in [0, 0.1) is 0 Å². The molecule has 7 aromatic carbocycles. The van der Waals surface area contributed by atoms with Crippen molar-refractivity contribution >= 4 is 83.0 Å². The first-order valence-electron chi connectivity index (χ1n) is 14.5. The number of pyridine rings is 1. The number of nitrogens with zero attached hydrogens (tertiary/aromatic N) is 2. The zero-order valence-electron chi connectivity index (χ0n) is 23.2. The third-order valence-corrected chi connectivity index (χ3v) is 12.0. The van der Waals surface area contributed by atoms with Crippen LogP contribution >= 0.6 is 7.14 Å². The second-order valence-electron chi connectivity index (χ2n) is 11.1. The molecule has 0 N–H and O–H groups in total. The molecule has 0 saturated heterocycles. The standard InChI is InChI=1S/C39H25N2OP/c42-43(37-21-9-13-26-11-1-3-15-29(26)37,38-22-10-14-27-12-2-4-16-30(27)38)28-23-24-34-36(25-28)41-35-20-8-7-18-32(35)31-17-5-6-19-33(31)39(41)40-34/h1-25H. The lowest BCUT2D eigenvalue weighted by molar-refractivity contribution is 0.593. The molecule has 0 atom stereocenters. The van der Waals surface area contributed by atoms with E-state index in [1.807, 2.05) is 60.7 Å². The number of hydrogen-bond acceptors (Lipinski definition) is 2. The minimum absolute atomic E-state index is 0.798. The first-order chi connectivity index (χ1) is 21.2. The van der Waals surface area contributed by atoms with Crippen LogP contribution in [0.2, 0.25) is 0 Å². The highest BCUT2D eigenvalue weighted by Gasteiger charge is 2.33. The summed E-state index contributed by atoms with van der Waals surface area (Å²) in [5.74, 6) is 0. The van der Waals surface area contributed by atoms with Crippen molar-refractivity contribution < 1.29 is 4.57 Å². The summed E-state index contributed by atoms with van der Waals surface area (Å²) >= 11 is 0. The number of hydrogen-bond donors (Lipinski definition) is 0. The van der Waals surface area contributed by atoms with Crippen LogP contribution < -0.4 is 15.9 Å². The number of fused-ring (bicyclic) bond motifs is 10. The van der Waals surface area contributed by atoms with Gasteiger partial charge in [0.25, 0.3) is 0 Å². The van der Waals surface area contributed by atoms with Crippen LogP contribution in [0.4, 0.5) is 0 Å². The summed E-state index contributed by atoms with van der Waals surface area (Å²) in [7, 11) is -3.38. The van der Waals surface area contributed by atoms with Crippen molar-refractivity contribution in [2.45, 2.75) is 0 Å². The van der Waals surface area contributed by atoms with Gasteiger partial charge in [0.2, 0.25) is 0 Å². The fourth-order valence-electron chi connectivity index (χ4n) is 6.87. The van der Waals surface area contributed by atoms with Gasteiger partial charge in [0, 0.05) is 26.7 Å². The molecule has 0 unspecified atom stereocenters. The Kier molecular flexibility index (Phi) is 5.17. The van der Waals surface area contributed by atoms with Gasteiger partial charge in [-0.3, -0.25) is 4.40 Å². The predicted octanol–water partition coefficient (Wildman–Crippen LogP) is 8.74. The van der Waals surface area contributed by atoms with Crippen molar-refractivity contribution in [1.29, 1.82) is 0 Å². The minimum atomic E-state index is -3.38. The summed E-state index contributed by atoms with van der Waals surface area (Å²) < 4.78 is 18.4. The van der Waals surface area contributed by atoms with Gasteiger partial charge in [-0.05, 0) is 51.2 Å². The molecule has 0 amide bonds. The molecule has 0 radical (unpaired) electrons. The Hall–Kier alpha value is -5.24. The zero-order valence-corrected chi connectivity index (χ0v) is 24.1. The van der Waals surface area contributed by atoms with Crippen molar-refractivity contribution in [1.82, 2.24) is 9.38 Å². The number of rotatable bonds is 3. The highest BCUT2D eigenvalue weighted by Crippen LogP contribution is 2.47. The number of para-hydroxylation sites is 1. The Bertz CT molecular complexity index is 2520. The summed E-state index contributed by atoms with van der Waals surface area (Å²) in [6.07, 6.45) is 0. The molecule has 0 saturated carbocycles. The van der Waals surface area contributed by atoms with E-state index in [4.69, 9.17) is 4.98 Å². The molecule has 43 heavy (non-hydrogen) atoms. The molecule has 0 fully saturated rings. The van der Waals surface area contributed by atoms with Gasteiger partial charge in [0.1, 0.15) is 5.65 Å². The second-order valence-corrected chi connectivity index (χ2v) is 13.8. The monoisotopic (exact) mass is 568 g/mol. The van der Waals surface area contributed by atoms with Crippen molar-refractivity contribution in [2.75, 3.05) is 0 Å². The van der Waals surface area contributed by atoms with Crippen LogP contribution in [-0.2, 0) is 4.57 Å².